The lowest BCUT2D eigenvalue weighted by atomic mass is 10.0. The summed E-state index contributed by atoms with van der Waals surface area (Å²) in [5, 5.41) is 0. The molecule has 0 aliphatic carbocycles. The van der Waals surface area contributed by atoms with Crippen LogP contribution in [0.25, 0.3) is 0 Å². The van der Waals surface area contributed by atoms with Gasteiger partial charge in [0.05, 0.1) is 11.8 Å². The SMILES string of the molecule is Nc1ccc(Br)cc1C(=O)c1cc(F)ncc1F. The third-order valence-electron chi connectivity index (χ3n) is 2.33. The van der Waals surface area contributed by atoms with Crippen LogP contribution in [-0.2, 0) is 0 Å². The number of anilines is 1. The van der Waals surface area contributed by atoms with Gasteiger partial charge in [-0.2, -0.15) is 4.39 Å². The van der Waals surface area contributed by atoms with Crippen molar-refractivity contribution in [1.82, 2.24) is 4.98 Å². The van der Waals surface area contributed by atoms with Gasteiger partial charge in [0.1, 0.15) is 0 Å². The molecular weight excluding hydrogens is 306 g/mol. The maximum atomic E-state index is 13.4. The van der Waals surface area contributed by atoms with Crippen LogP contribution in [-0.4, -0.2) is 10.8 Å². The normalized spacial score (nSPS) is 10.4. The highest BCUT2D eigenvalue weighted by atomic mass is 79.9. The van der Waals surface area contributed by atoms with Gasteiger partial charge < -0.3 is 5.73 Å². The Morgan fingerprint density at radius 2 is 1.94 bits per heavy atom. The van der Waals surface area contributed by atoms with Crippen LogP contribution >= 0.6 is 15.9 Å². The molecule has 2 aromatic rings. The van der Waals surface area contributed by atoms with Crippen LogP contribution in [0.3, 0.4) is 0 Å². The van der Waals surface area contributed by atoms with E-state index in [1.54, 1.807) is 6.07 Å². The van der Waals surface area contributed by atoms with Crippen molar-refractivity contribution in [3.05, 3.63) is 57.8 Å². The van der Waals surface area contributed by atoms with Crippen molar-refractivity contribution >= 4 is 27.4 Å². The molecule has 0 aliphatic rings. The Labute approximate surface area is 110 Å². The average molecular weight is 313 g/mol. The van der Waals surface area contributed by atoms with Crippen molar-refractivity contribution in [3.63, 3.8) is 0 Å². The largest absolute Gasteiger partial charge is 0.398 e. The summed E-state index contributed by atoms with van der Waals surface area (Å²) in [6.07, 6.45) is 0.663. The molecule has 6 heteroatoms. The Morgan fingerprint density at radius 1 is 1.22 bits per heavy atom. The van der Waals surface area contributed by atoms with E-state index in [0.29, 0.717) is 10.7 Å². The molecule has 0 aliphatic heterocycles. The van der Waals surface area contributed by atoms with Gasteiger partial charge in [0, 0.05) is 21.8 Å². The summed E-state index contributed by atoms with van der Waals surface area (Å²) in [6, 6.07) is 5.36. The number of benzene rings is 1. The van der Waals surface area contributed by atoms with Crippen molar-refractivity contribution in [2.45, 2.75) is 0 Å². The number of halogens is 3. The molecule has 0 fully saturated rings. The molecule has 1 aromatic carbocycles. The first kappa shape index (κ1) is 12.6. The fourth-order valence-electron chi connectivity index (χ4n) is 1.46. The number of pyridine rings is 1. The first-order valence-corrected chi connectivity index (χ1v) is 5.69. The summed E-state index contributed by atoms with van der Waals surface area (Å²) < 4.78 is 27.0. The topological polar surface area (TPSA) is 56.0 Å². The second kappa shape index (κ2) is 4.81. The van der Waals surface area contributed by atoms with Crippen LogP contribution in [0.15, 0.2) is 34.9 Å². The highest BCUT2D eigenvalue weighted by molar-refractivity contribution is 9.10. The second-order valence-electron chi connectivity index (χ2n) is 3.55. The Hall–Kier alpha value is -1.82. The van der Waals surface area contributed by atoms with Crippen molar-refractivity contribution < 1.29 is 13.6 Å². The molecule has 0 saturated heterocycles. The van der Waals surface area contributed by atoms with Crippen LogP contribution in [0.1, 0.15) is 15.9 Å². The molecular formula is C12H7BrF2N2O. The number of ketones is 1. The number of hydrogen-bond donors (Lipinski definition) is 1. The minimum atomic E-state index is -0.923. The summed E-state index contributed by atoms with van der Waals surface area (Å²) in [7, 11) is 0. The van der Waals surface area contributed by atoms with Crippen LogP contribution in [0.4, 0.5) is 14.5 Å². The first-order chi connectivity index (χ1) is 8.49. The lowest BCUT2D eigenvalue weighted by Crippen LogP contribution is -2.08. The molecule has 0 saturated carbocycles. The zero-order chi connectivity index (χ0) is 13.3. The van der Waals surface area contributed by atoms with E-state index in [1.807, 2.05) is 0 Å². The number of nitrogens with two attached hydrogens (primary N) is 1. The van der Waals surface area contributed by atoms with Gasteiger partial charge in [0.25, 0.3) is 0 Å². The van der Waals surface area contributed by atoms with E-state index in [0.717, 1.165) is 6.07 Å². The van der Waals surface area contributed by atoms with Crippen LogP contribution in [0, 0.1) is 11.8 Å². The predicted molar refractivity (Wildman–Crippen MR) is 66.1 cm³/mol. The fourth-order valence-corrected chi connectivity index (χ4v) is 1.82. The van der Waals surface area contributed by atoms with E-state index in [9.17, 15) is 13.6 Å². The quantitative estimate of drug-likeness (QED) is 0.527. The minimum Gasteiger partial charge on any atom is -0.398 e. The molecule has 1 aromatic heterocycles. The smallest absolute Gasteiger partial charge is 0.213 e. The second-order valence-corrected chi connectivity index (χ2v) is 4.46. The highest BCUT2D eigenvalue weighted by Gasteiger charge is 2.18. The van der Waals surface area contributed by atoms with Gasteiger partial charge in [-0.1, -0.05) is 15.9 Å². The Bertz CT molecular complexity index is 578. The molecule has 18 heavy (non-hydrogen) atoms. The summed E-state index contributed by atoms with van der Waals surface area (Å²) in [4.78, 5) is 15.2. The third kappa shape index (κ3) is 2.38. The van der Waals surface area contributed by atoms with Crippen molar-refractivity contribution in [2.24, 2.45) is 0 Å². The van der Waals surface area contributed by atoms with Gasteiger partial charge in [-0.05, 0) is 18.2 Å². The summed E-state index contributed by atoms with van der Waals surface area (Å²) >= 11 is 3.18. The average Bonchev–Trinajstić information content (AvgIpc) is 2.34. The zero-order valence-corrected chi connectivity index (χ0v) is 10.5. The van der Waals surface area contributed by atoms with Gasteiger partial charge in [-0.3, -0.25) is 4.79 Å². The molecule has 2 N–H and O–H groups in total. The number of nitrogen functional groups attached to an aromatic ring is 1. The van der Waals surface area contributed by atoms with Crippen LogP contribution < -0.4 is 5.73 Å². The Balaban J connectivity index is 2.54. The van der Waals surface area contributed by atoms with E-state index >= 15 is 0 Å². The summed E-state index contributed by atoms with van der Waals surface area (Å²) in [6.45, 7) is 0. The van der Waals surface area contributed by atoms with E-state index in [1.165, 1.54) is 12.1 Å². The molecule has 92 valence electrons. The lowest BCUT2D eigenvalue weighted by molar-refractivity contribution is 0.103. The van der Waals surface area contributed by atoms with E-state index in [4.69, 9.17) is 5.73 Å². The Kier molecular flexibility index (Phi) is 3.38. The van der Waals surface area contributed by atoms with Gasteiger partial charge >= 0.3 is 0 Å². The molecule has 3 nitrogen and oxygen atoms in total. The molecule has 0 spiro atoms. The number of carbonyl (C=O) groups is 1. The lowest BCUT2D eigenvalue weighted by Gasteiger charge is -2.06. The van der Waals surface area contributed by atoms with Gasteiger partial charge in [0.2, 0.25) is 5.95 Å². The van der Waals surface area contributed by atoms with Crippen molar-refractivity contribution in [1.29, 1.82) is 0 Å². The molecule has 2 rings (SSSR count). The third-order valence-corrected chi connectivity index (χ3v) is 2.82. The number of rotatable bonds is 2. The van der Waals surface area contributed by atoms with E-state index < -0.39 is 23.1 Å². The molecule has 0 radical (unpaired) electrons. The van der Waals surface area contributed by atoms with E-state index in [-0.39, 0.29) is 11.3 Å². The standard InChI is InChI=1S/C12H7BrF2N2O/c13-6-1-2-10(16)8(3-6)12(18)7-4-11(15)17-5-9(7)14/h1-5H,16H2. The minimum absolute atomic E-state index is 0.105. The molecule has 0 atom stereocenters. The maximum Gasteiger partial charge on any atom is 0.213 e. The number of carbonyl (C=O) groups excluding carboxylic acids is 1. The van der Waals surface area contributed by atoms with Crippen LogP contribution in [0.2, 0.25) is 0 Å². The summed E-state index contributed by atoms with van der Waals surface area (Å²) in [5.41, 5.74) is 5.55. The fraction of sp³-hybridized carbons (Fsp3) is 0. The maximum absolute atomic E-state index is 13.4. The first-order valence-electron chi connectivity index (χ1n) is 4.90. The molecule has 0 amide bonds. The molecule has 0 bridgehead atoms. The van der Waals surface area contributed by atoms with Gasteiger partial charge in [-0.15, -0.1) is 0 Å². The highest BCUT2D eigenvalue weighted by Crippen LogP contribution is 2.22. The van der Waals surface area contributed by atoms with Gasteiger partial charge in [-0.25, -0.2) is 9.37 Å². The monoisotopic (exact) mass is 312 g/mol. The molecule has 0 unspecified atom stereocenters. The number of nitrogens with zero attached hydrogens (tertiary/aromatic N) is 1. The predicted octanol–water partition coefficient (Wildman–Crippen LogP) is 2.94. The van der Waals surface area contributed by atoms with Crippen molar-refractivity contribution in [2.75, 3.05) is 5.73 Å². The number of hydrogen-bond acceptors (Lipinski definition) is 3. The zero-order valence-electron chi connectivity index (χ0n) is 8.95. The Morgan fingerprint density at radius 3 is 2.67 bits per heavy atom. The van der Waals surface area contributed by atoms with Crippen LogP contribution in [0.5, 0.6) is 0 Å². The van der Waals surface area contributed by atoms with Gasteiger partial charge in [0.15, 0.2) is 11.6 Å². The van der Waals surface area contributed by atoms with Crippen molar-refractivity contribution in [3.8, 4) is 0 Å². The number of aromatic nitrogens is 1. The molecule has 1 heterocycles. The van der Waals surface area contributed by atoms with E-state index in [2.05, 4.69) is 20.9 Å². The summed E-state index contributed by atoms with van der Waals surface area (Å²) in [5.74, 6) is -2.50.